The summed E-state index contributed by atoms with van der Waals surface area (Å²) < 4.78 is 5.96. The Hall–Kier alpha value is -3.06. The smallest absolute Gasteiger partial charge is 0.243 e. The second-order valence-electron chi connectivity index (χ2n) is 9.61. The number of hydrogen-bond donors (Lipinski definition) is 2. The van der Waals surface area contributed by atoms with Gasteiger partial charge in [-0.2, -0.15) is 0 Å². The minimum atomic E-state index is 0.0807. The van der Waals surface area contributed by atoms with Crippen LogP contribution in [0.4, 0.5) is 17.1 Å². The van der Waals surface area contributed by atoms with Crippen molar-refractivity contribution in [3.8, 4) is 5.75 Å². The minimum absolute atomic E-state index is 0.0807. The third-order valence-electron chi connectivity index (χ3n) is 7.52. The Morgan fingerprint density at radius 1 is 1.00 bits per heavy atom. The summed E-state index contributed by atoms with van der Waals surface area (Å²) in [6.07, 6.45) is 4.55. The van der Waals surface area contributed by atoms with Gasteiger partial charge in [-0.25, -0.2) is 0 Å². The number of carbonyl (C=O) groups excluding carboxylic acids is 2. The fourth-order valence-electron chi connectivity index (χ4n) is 5.95. The van der Waals surface area contributed by atoms with Crippen molar-refractivity contribution in [3.63, 3.8) is 0 Å². The zero-order chi connectivity index (χ0) is 22.4. The molecule has 7 heteroatoms. The SMILES string of the molecule is O=C1CCc2ccc(OCCCCN3CCC4C(C3)c3cccc5c3N4CC(=O)N5)cc2N1. The number of nitrogens with zero attached hydrogens (tertiary/aromatic N) is 2. The lowest BCUT2D eigenvalue weighted by Crippen LogP contribution is -2.49. The van der Waals surface area contributed by atoms with Gasteiger partial charge >= 0.3 is 0 Å². The molecule has 1 saturated heterocycles. The Balaban J connectivity index is 1.00. The van der Waals surface area contributed by atoms with Crippen LogP contribution < -0.4 is 20.3 Å². The van der Waals surface area contributed by atoms with Crippen LogP contribution in [0.3, 0.4) is 0 Å². The maximum atomic E-state index is 12.2. The number of anilines is 3. The highest BCUT2D eigenvalue weighted by Crippen LogP contribution is 2.49. The van der Waals surface area contributed by atoms with E-state index >= 15 is 0 Å². The molecule has 0 aromatic heterocycles. The first-order valence-electron chi connectivity index (χ1n) is 12.1. The monoisotopic (exact) mass is 446 g/mol. The van der Waals surface area contributed by atoms with Crippen molar-refractivity contribution in [1.29, 1.82) is 0 Å². The Morgan fingerprint density at radius 2 is 1.91 bits per heavy atom. The molecule has 2 unspecified atom stereocenters. The lowest BCUT2D eigenvalue weighted by atomic mass is 9.89. The Bertz CT molecular complexity index is 1100. The van der Waals surface area contributed by atoms with Crippen LogP contribution >= 0.6 is 0 Å². The summed E-state index contributed by atoms with van der Waals surface area (Å²) in [5.41, 5.74) is 5.69. The van der Waals surface area contributed by atoms with Crippen molar-refractivity contribution in [1.82, 2.24) is 4.90 Å². The number of fused-ring (bicyclic) bond motifs is 4. The van der Waals surface area contributed by atoms with Crippen LogP contribution in [0.5, 0.6) is 5.75 Å². The number of carbonyl (C=O) groups is 2. The molecular formula is C26H30N4O3. The maximum absolute atomic E-state index is 12.2. The number of benzene rings is 2. The molecule has 0 radical (unpaired) electrons. The van der Waals surface area contributed by atoms with Crippen LogP contribution in [-0.4, -0.2) is 55.5 Å². The number of para-hydroxylation sites is 1. The number of rotatable bonds is 6. The minimum Gasteiger partial charge on any atom is -0.494 e. The van der Waals surface area contributed by atoms with Gasteiger partial charge in [0.25, 0.3) is 0 Å². The number of hydrogen-bond acceptors (Lipinski definition) is 5. The Kier molecular flexibility index (Phi) is 5.21. The fourth-order valence-corrected chi connectivity index (χ4v) is 5.95. The molecule has 4 heterocycles. The predicted octanol–water partition coefficient (Wildman–Crippen LogP) is 3.36. The zero-order valence-corrected chi connectivity index (χ0v) is 18.8. The van der Waals surface area contributed by atoms with Gasteiger partial charge in [-0.05, 0) is 55.5 Å². The molecule has 33 heavy (non-hydrogen) atoms. The van der Waals surface area contributed by atoms with Crippen molar-refractivity contribution in [2.75, 3.05) is 48.3 Å². The summed E-state index contributed by atoms with van der Waals surface area (Å²) in [4.78, 5) is 28.7. The lowest BCUT2D eigenvalue weighted by molar-refractivity contribution is -0.116. The van der Waals surface area contributed by atoms with Crippen molar-refractivity contribution < 1.29 is 14.3 Å². The van der Waals surface area contributed by atoms with Gasteiger partial charge in [-0.1, -0.05) is 18.2 Å². The van der Waals surface area contributed by atoms with E-state index in [0.717, 1.165) is 62.4 Å². The molecule has 0 bridgehead atoms. The van der Waals surface area contributed by atoms with Gasteiger partial charge in [0.2, 0.25) is 11.8 Å². The molecule has 2 aromatic carbocycles. The third kappa shape index (κ3) is 3.84. The van der Waals surface area contributed by atoms with Crippen LogP contribution in [0.1, 0.15) is 42.7 Å². The third-order valence-corrected chi connectivity index (χ3v) is 7.52. The van der Waals surface area contributed by atoms with Crippen molar-refractivity contribution >= 4 is 28.9 Å². The van der Waals surface area contributed by atoms with Gasteiger partial charge in [0.1, 0.15) is 5.75 Å². The van der Waals surface area contributed by atoms with E-state index in [1.54, 1.807) is 0 Å². The summed E-state index contributed by atoms with van der Waals surface area (Å²) in [7, 11) is 0. The molecule has 172 valence electrons. The first kappa shape index (κ1) is 20.5. The van der Waals surface area contributed by atoms with Gasteiger partial charge < -0.3 is 25.2 Å². The molecule has 4 aliphatic rings. The standard InChI is InChI=1S/C26H30N4O3/c31-24-9-7-17-6-8-18(14-22(17)28-24)33-13-2-1-11-29-12-10-23-20(15-29)19-4-3-5-21-26(19)30(23)16-25(32)27-21/h3-6,8,14,20,23H,1-2,7,9-13,15-16H2,(H,27,32)(H,28,31). The second-order valence-corrected chi connectivity index (χ2v) is 9.61. The molecule has 1 fully saturated rings. The molecule has 7 nitrogen and oxygen atoms in total. The van der Waals surface area contributed by atoms with Crippen molar-refractivity contribution in [3.05, 3.63) is 47.5 Å². The highest BCUT2D eigenvalue weighted by molar-refractivity contribution is 6.03. The van der Waals surface area contributed by atoms with E-state index in [1.807, 2.05) is 18.2 Å². The van der Waals surface area contributed by atoms with Gasteiger partial charge in [0.15, 0.2) is 0 Å². The summed E-state index contributed by atoms with van der Waals surface area (Å²) in [6.45, 7) is 4.36. The number of nitrogens with one attached hydrogen (secondary N) is 2. The van der Waals surface area contributed by atoms with Gasteiger partial charge in [0.05, 0.1) is 24.5 Å². The zero-order valence-electron chi connectivity index (χ0n) is 18.8. The van der Waals surface area contributed by atoms with E-state index in [1.165, 1.54) is 16.8 Å². The van der Waals surface area contributed by atoms with E-state index in [4.69, 9.17) is 4.74 Å². The van der Waals surface area contributed by atoms with E-state index in [9.17, 15) is 9.59 Å². The molecule has 4 aliphatic heterocycles. The lowest BCUT2D eigenvalue weighted by Gasteiger charge is -2.39. The average Bonchev–Trinajstić information content (AvgIpc) is 3.13. The fraction of sp³-hybridized carbons (Fsp3) is 0.462. The number of ether oxygens (including phenoxy) is 1. The Morgan fingerprint density at radius 3 is 2.85 bits per heavy atom. The summed E-state index contributed by atoms with van der Waals surface area (Å²) >= 11 is 0. The highest BCUT2D eigenvalue weighted by atomic mass is 16.5. The molecule has 0 spiro atoms. The van der Waals surface area contributed by atoms with Gasteiger partial charge in [-0.15, -0.1) is 0 Å². The van der Waals surface area contributed by atoms with Crippen LogP contribution in [0.2, 0.25) is 0 Å². The van der Waals surface area contributed by atoms with E-state index in [2.05, 4.69) is 38.6 Å². The molecule has 2 aromatic rings. The molecule has 2 amide bonds. The molecule has 6 rings (SSSR count). The van der Waals surface area contributed by atoms with E-state index in [-0.39, 0.29) is 11.8 Å². The molecule has 2 atom stereocenters. The van der Waals surface area contributed by atoms with E-state index < -0.39 is 0 Å². The normalized spacial score (nSPS) is 23.3. The van der Waals surface area contributed by atoms with Crippen LogP contribution in [0.15, 0.2) is 36.4 Å². The number of unbranched alkanes of at least 4 members (excludes halogenated alkanes) is 1. The van der Waals surface area contributed by atoms with Crippen LogP contribution in [0, 0.1) is 0 Å². The van der Waals surface area contributed by atoms with Crippen LogP contribution in [0.25, 0.3) is 0 Å². The molecular weight excluding hydrogens is 416 g/mol. The van der Waals surface area contributed by atoms with Crippen LogP contribution in [-0.2, 0) is 16.0 Å². The van der Waals surface area contributed by atoms with Gasteiger partial charge in [0, 0.05) is 43.2 Å². The topological polar surface area (TPSA) is 73.9 Å². The van der Waals surface area contributed by atoms with Crippen molar-refractivity contribution in [2.24, 2.45) is 0 Å². The number of amides is 2. The largest absolute Gasteiger partial charge is 0.494 e. The number of aryl methyl sites for hydroxylation is 1. The molecule has 0 aliphatic carbocycles. The molecule has 2 N–H and O–H groups in total. The maximum Gasteiger partial charge on any atom is 0.243 e. The summed E-state index contributed by atoms with van der Waals surface area (Å²) in [5, 5.41) is 5.98. The average molecular weight is 447 g/mol. The predicted molar refractivity (Wildman–Crippen MR) is 128 cm³/mol. The van der Waals surface area contributed by atoms with E-state index in [0.29, 0.717) is 31.5 Å². The first-order chi connectivity index (χ1) is 16.2. The van der Waals surface area contributed by atoms with Crippen molar-refractivity contribution in [2.45, 2.75) is 44.1 Å². The summed E-state index contributed by atoms with van der Waals surface area (Å²) in [5.74, 6) is 1.48. The summed E-state index contributed by atoms with van der Waals surface area (Å²) in [6, 6.07) is 12.8. The number of piperidine rings is 1. The molecule has 0 saturated carbocycles. The van der Waals surface area contributed by atoms with Gasteiger partial charge in [-0.3, -0.25) is 9.59 Å². The second kappa shape index (κ2) is 8.37. The highest BCUT2D eigenvalue weighted by Gasteiger charge is 2.44. The quantitative estimate of drug-likeness (QED) is 0.666. The Labute approximate surface area is 194 Å². The first-order valence-corrected chi connectivity index (χ1v) is 12.1. The number of likely N-dealkylation sites (tertiary alicyclic amines) is 1.